The molecule has 5 nitrogen and oxygen atoms in total. The van der Waals surface area contributed by atoms with Crippen molar-refractivity contribution in [2.75, 3.05) is 11.9 Å². The van der Waals surface area contributed by atoms with E-state index in [0.29, 0.717) is 13.0 Å². The minimum atomic E-state index is -0.536. The van der Waals surface area contributed by atoms with Crippen molar-refractivity contribution < 1.29 is 4.92 Å². The van der Waals surface area contributed by atoms with Crippen LogP contribution in [0.15, 0.2) is 18.3 Å². The lowest BCUT2D eigenvalue weighted by molar-refractivity contribution is -0.389. The Morgan fingerprint density at radius 2 is 2.43 bits per heavy atom. The molecule has 1 aromatic heterocycles. The number of pyridine rings is 1. The van der Waals surface area contributed by atoms with E-state index in [1.807, 2.05) is 0 Å². The topological polar surface area (TPSA) is 68.1 Å². The van der Waals surface area contributed by atoms with E-state index in [0.717, 1.165) is 5.69 Å². The van der Waals surface area contributed by atoms with Crippen molar-refractivity contribution in [3.05, 3.63) is 28.4 Å². The predicted molar refractivity (Wildman–Crippen MR) is 52.8 cm³/mol. The molecule has 0 aromatic carbocycles. The summed E-state index contributed by atoms with van der Waals surface area (Å²) < 4.78 is 0. The number of hydrogen-bond donors (Lipinski definition) is 1. The van der Waals surface area contributed by atoms with Crippen LogP contribution in [0.1, 0.15) is 6.42 Å². The average Bonchev–Trinajstić information content (AvgIpc) is 2.19. The van der Waals surface area contributed by atoms with E-state index < -0.39 is 4.92 Å². The maximum absolute atomic E-state index is 10.3. The fourth-order valence-corrected chi connectivity index (χ4v) is 0.878. The number of aromatic nitrogens is 1. The fraction of sp³-hybridized carbons (Fsp3) is 0.222. The maximum Gasteiger partial charge on any atom is 0.363 e. The lowest BCUT2D eigenvalue weighted by Gasteiger charge is -2.00. The second-order valence-electron chi connectivity index (χ2n) is 2.54. The number of nitro groups is 1. The Bertz CT molecular complexity index is 353. The number of nitrogens with one attached hydrogen (secondary N) is 1. The SMILES string of the molecule is C#CCCNc1ccc([N+](=O)[O-])nc1. The molecule has 0 saturated heterocycles. The highest BCUT2D eigenvalue weighted by Crippen LogP contribution is 2.10. The van der Waals surface area contributed by atoms with Crippen LogP contribution in [0.5, 0.6) is 0 Å². The van der Waals surface area contributed by atoms with Crippen molar-refractivity contribution in [2.45, 2.75) is 6.42 Å². The Morgan fingerprint density at radius 3 is 2.93 bits per heavy atom. The highest BCUT2D eigenvalue weighted by molar-refractivity contribution is 5.43. The van der Waals surface area contributed by atoms with E-state index in [2.05, 4.69) is 16.2 Å². The lowest BCUT2D eigenvalue weighted by atomic mass is 10.4. The molecule has 0 aliphatic heterocycles. The Morgan fingerprint density at radius 1 is 1.64 bits per heavy atom. The summed E-state index contributed by atoms with van der Waals surface area (Å²) in [6.45, 7) is 0.635. The van der Waals surface area contributed by atoms with Gasteiger partial charge in [-0.25, -0.2) is 0 Å². The van der Waals surface area contributed by atoms with Gasteiger partial charge in [-0.2, -0.15) is 0 Å². The molecule has 0 spiro atoms. The summed E-state index contributed by atoms with van der Waals surface area (Å²) in [5.74, 6) is 2.32. The number of terminal acetylenes is 1. The Labute approximate surface area is 81.3 Å². The van der Waals surface area contributed by atoms with Crippen LogP contribution in [0.4, 0.5) is 11.5 Å². The lowest BCUT2D eigenvalue weighted by Crippen LogP contribution is -2.01. The van der Waals surface area contributed by atoms with Gasteiger partial charge in [0.1, 0.15) is 0 Å². The first-order chi connectivity index (χ1) is 6.74. The maximum atomic E-state index is 10.3. The molecular weight excluding hydrogens is 182 g/mol. The smallest absolute Gasteiger partial charge is 0.363 e. The van der Waals surface area contributed by atoms with Gasteiger partial charge in [0, 0.05) is 19.0 Å². The molecular formula is C9H9N3O2. The molecule has 1 N–H and O–H groups in total. The standard InChI is InChI=1S/C9H9N3O2/c1-2-3-6-10-8-4-5-9(11-7-8)12(13)14/h1,4-5,7,10H,3,6H2. The first-order valence-corrected chi connectivity index (χ1v) is 4.02. The van der Waals surface area contributed by atoms with E-state index in [4.69, 9.17) is 6.42 Å². The van der Waals surface area contributed by atoms with Crippen molar-refractivity contribution >= 4 is 11.5 Å². The fourth-order valence-electron chi connectivity index (χ4n) is 0.878. The number of nitrogens with zero attached hydrogens (tertiary/aromatic N) is 2. The van der Waals surface area contributed by atoms with Crippen LogP contribution in [-0.4, -0.2) is 16.5 Å². The van der Waals surface area contributed by atoms with Gasteiger partial charge in [-0.1, -0.05) is 0 Å². The third kappa shape index (κ3) is 2.75. The zero-order chi connectivity index (χ0) is 10.4. The van der Waals surface area contributed by atoms with Gasteiger partial charge >= 0.3 is 5.82 Å². The molecule has 72 valence electrons. The van der Waals surface area contributed by atoms with Gasteiger partial charge < -0.3 is 15.4 Å². The summed E-state index contributed by atoms with van der Waals surface area (Å²) in [5.41, 5.74) is 0.728. The van der Waals surface area contributed by atoms with Crippen molar-refractivity contribution in [1.29, 1.82) is 0 Å². The highest BCUT2D eigenvalue weighted by atomic mass is 16.6. The van der Waals surface area contributed by atoms with Gasteiger partial charge in [0.15, 0.2) is 6.20 Å². The minimum Gasteiger partial charge on any atom is -0.381 e. The molecule has 0 unspecified atom stereocenters. The summed E-state index contributed by atoms with van der Waals surface area (Å²) in [4.78, 5) is 13.4. The van der Waals surface area contributed by atoms with Crippen molar-refractivity contribution in [3.63, 3.8) is 0 Å². The zero-order valence-electron chi connectivity index (χ0n) is 7.43. The van der Waals surface area contributed by atoms with Crippen LogP contribution in [0, 0.1) is 22.5 Å². The van der Waals surface area contributed by atoms with Crippen LogP contribution in [-0.2, 0) is 0 Å². The van der Waals surface area contributed by atoms with E-state index >= 15 is 0 Å². The van der Waals surface area contributed by atoms with Gasteiger partial charge in [0.2, 0.25) is 0 Å². The Balaban J connectivity index is 2.56. The molecule has 1 heterocycles. The molecule has 0 bridgehead atoms. The van der Waals surface area contributed by atoms with Crippen LogP contribution >= 0.6 is 0 Å². The van der Waals surface area contributed by atoms with E-state index in [1.165, 1.54) is 12.3 Å². The number of rotatable bonds is 4. The third-order valence-corrected chi connectivity index (χ3v) is 1.53. The molecule has 1 aromatic rings. The molecule has 0 atom stereocenters. The summed E-state index contributed by atoms with van der Waals surface area (Å²) >= 11 is 0. The largest absolute Gasteiger partial charge is 0.381 e. The third-order valence-electron chi connectivity index (χ3n) is 1.53. The van der Waals surface area contributed by atoms with Gasteiger partial charge in [-0.15, -0.1) is 12.3 Å². The molecule has 0 aliphatic rings. The van der Waals surface area contributed by atoms with Crippen molar-refractivity contribution in [1.82, 2.24) is 4.98 Å². The molecule has 0 fully saturated rings. The molecule has 0 amide bonds. The second kappa shape index (κ2) is 4.82. The second-order valence-corrected chi connectivity index (χ2v) is 2.54. The summed E-state index contributed by atoms with van der Waals surface area (Å²) in [7, 11) is 0. The minimum absolute atomic E-state index is 0.160. The van der Waals surface area contributed by atoms with E-state index in [-0.39, 0.29) is 5.82 Å². The van der Waals surface area contributed by atoms with Crippen molar-refractivity contribution in [3.8, 4) is 12.3 Å². The van der Waals surface area contributed by atoms with Crippen LogP contribution < -0.4 is 5.32 Å². The summed E-state index contributed by atoms with van der Waals surface area (Å²) in [5, 5.41) is 13.3. The van der Waals surface area contributed by atoms with E-state index in [1.54, 1.807) is 6.07 Å². The zero-order valence-corrected chi connectivity index (χ0v) is 7.43. The molecule has 0 aliphatic carbocycles. The number of anilines is 1. The average molecular weight is 191 g/mol. The van der Waals surface area contributed by atoms with Gasteiger partial charge in [-0.05, 0) is 16.0 Å². The Hall–Kier alpha value is -2.09. The van der Waals surface area contributed by atoms with Crippen molar-refractivity contribution in [2.24, 2.45) is 0 Å². The Kier molecular flexibility index (Phi) is 3.44. The van der Waals surface area contributed by atoms with Crippen LogP contribution in [0.25, 0.3) is 0 Å². The summed E-state index contributed by atoms with van der Waals surface area (Å²) in [6, 6.07) is 2.94. The summed E-state index contributed by atoms with van der Waals surface area (Å²) in [6.07, 6.45) is 7.08. The molecule has 14 heavy (non-hydrogen) atoms. The van der Waals surface area contributed by atoms with Gasteiger partial charge in [0.25, 0.3) is 0 Å². The first-order valence-electron chi connectivity index (χ1n) is 4.02. The van der Waals surface area contributed by atoms with Crippen LogP contribution in [0.2, 0.25) is 0 Å². The molecule has 0 saturated carbocycles. The van der Waals surface area contributed by atoms with Crippen LogP contribution in [0.3, 0.4) is 0 Å². The van der Waals surface area contributed by atoms with Gasteiger partial charge in [0.05, 0.1) is 5.69 Å². The molecule has 5 heteroatoms. The highest BCUT2D eigenvalue weighted by Gasteiger charge is 2.04. The molecule has 1 rings (SSSR count). The quantitative estimate of drug-likeness (QED) is 0.338. The first kappa shape index (κ1) is 9.99. The normalized spacial score (nSPS) is 9.07. The van der Waals surface area contributed by atoms with E-state index in [9.17, 15) is 10.1 Å². The number of hydrogen-bond acceptors (Lipinski definition) is 4. The predicted octanol–water partition coefficient (Wildman–Crippen LogP) is 1.42. The molecule has 0 radical (unpaired) electrons. The van der Waals surface area contributed by atoms with Gasteiger partial charge in [-0.3, -0.25) is 0 Å². The monoisotopic (exact) mass is 191 g/mol.